The lowest BCUT2D eigenvalue weighted by Crippen LogP contribution is -2.15. The summed E-state index contributed by atoms with van der Waals surface area (Å²) < 4.78 is 37.0. The van der Waals surface area contributed by atoms with Gasteiger partial charge in [-0.15, -0.1) is 5.10 Å². The first-order valence-electron chi connectivity index (χ1n) is 4.91. The third-order valence-corrected chi connectivity index (χ3v) is 2.70. The number of hydrogen-bond acceptors (Lipinski definition) is 5. The summed E-state index contributed by atoms with van der Waals surface area (Å²) in [5.74, 6) is -1.53. The number of aromatic carboxylic acids is 1. The first kappa shape index (κ1) is 14.8. The zero-order chi connectivity index (χ0) is 13.8. The zero-order valence-electron chi connectivity index (χ0n) is 9.15. The fraction of sp³-hybridized carbons (Fsp3) is 0.625. The van der Waals surface area contributed by atoms with Crippen molar-refractivity contribution in [3.05, 3.63) is 11.4 Å². The molecule has 0 saturated heterocycles. The van der Waals surface area contributed by atoms with Crippen LogP contribution in [-0.4, -0.2) is 43.9 Å². The Hall–Kier alpha value is -1.29. The average molecular weight is 284 g/mol. The van der Waals surface area contributed by atoms with Gasteiger partial charge >= 0.3 is 11.5 Å². The van der Waals surface area contributed by atoms with Gasteiger partial charge in [-0.3, -0.25) is 0 Å². The smallest absolute Gasteiger partial charge is 0.441 e. The van der Waals surface area contributed by atoms with Gasteiger partial charge in [0.1, 0.15) is 0 Å². The predicted molar refractivity (Wildman–Crippen MR) is 58.3 cm³/mol. The van der Waals surface area contributed by atoms with E-state index in [0.717, 1.165) is 4.68 Å². The number of halogens is 3. The molecule has 0 aliphatic carbocycles. The maximum Gasteiger partial charge on any atom is 0.441 e. The summed E-state index contributed by atoms with van der Waals surface area (Å²) in [6.07, 6.45) is 0.200. The minimum absolute atomic E-state index is 0.0697. The molecule has 1 heterocycles. The van der Waals surface area contributed by atoms with Crippen molar-refractivity contribution in [2.75, 3.05) is 12.3 Å². The Morgan fingerprint density at radius 2 is 2.17 bits per heavy atom. The molecule has 1 aromatic heterocycles. The lowest BCUT2D eigenvalue weighted by Gasteiger charge is -2.07. The van der Waals surface area contributed by atoms with Crippen molar-refractivity contribution in [1.82, 2.24) is 15.0 Å². The first-order valence-corrected chi connectivity index (χ1v) is 5.90. The molecule has 0 aliphatic heterocycles. The fourth-order valence-electron chi connectivity index (χ4n) is 1.31. The van der Waals surface area contributed by atoms with Gasteiger partial charge in [-0.05, 0) is 18.3 Å². The molecule has 0 spiro atoms. The standard InChI is InChI=1S/C8H11F3N4O2S/c9-8(10,11)18-4-3-15-5(1-2-12)6(7(16)17)13-14-15/h1-4,12H2,(H,16,17). The number of carbonyl (C=O) groups is 1. The van der Waals surface area contributed by atoms with E-state index in [-0.39, 0.29) is 48.4 Å². The van der Waals surface area contributed by atoms with E-state index in [4.69, 9.17) is 10.8 Å². The molecule has 0 bridgehead atoms. The van der Waals surface area contributed by atoms with Gasteiger partial charge in [-0.2, -0.15) is 13.2 Å². The number of aryl methyl sites for hydroxylation is 1. The van der Waals surface area contributed by atoms with Gasteiger partial charge in [-0.1, -0.05) is 5.21 Å². The molecule has 0 atom stereocenters. The number of carboxylic acid groups (broad SMARTS) is 1. The predicted octanol–water partition coefficient (Wildman–Crippen LogP) is 0.730. The third-order valence-electron chi connectivity index (χ3n) is 1.99. The monoisotopic (exact) mass is 284 g/mol. The van der Waals surface area contributed by atoms with Gasteiger partial charge in [0, 0.05) is 12.2 Å². The van der Waals surface area contributed by atoms with E-state index in [1.165, 1.54) is 0 Å². The van der Waals surface area contributed by atoms with Crippen molar-refractivity contribution in [3.8, 4) is 0 Å². The number of thioether (sulfide) groups is 1. The zero-order valence-corrected chi connectivity index (χ0v) is 9.96. The highest BCUT2D eigenvalue weighted by molar-refractivity contribution is 8.00. The molecule has 3 N–H and O–H groups in total. The van der Waals surface area contributed by atoms with E-state index in [1.807, 2.05) is 0 Å². The minimum atomic E-state index is -4.32. The summed E-state index contributed by atoms with van der Waals surface area (Å²) in [6, 6.07) is 0. The quantitative estimate of drug-likeness (QED) is 0.799. The molecule has 18 heavy (non-hydrogen) atoms. The maximum atomic E-state index is 11.9. The summed E-state index contributed by atoms with van der Waals surface area (Å²) in [5, 5.41) is 15.8. The molecule has 0 amide bonds. The molecule has 0 fully saturated rings. The van der Waals surface area contributed by atoms with Gasteiger partial charge in [0.2, 0.25) is 0 Å². The second-order valence-corrected chi connectivity index (χ2v) is 4.41. The Morgan fingerprint density at radius 1 is 1.50 bits per heavy atom. The molecule has 0 radical (unpaired) electrons. The van der Waals surface area contributed by atoms with E-state index in [1.54, 1.807) is 0 Å². The highest BCUT2D eigenvalue weighted by Crippen LogP contribution is 2.30. The van der Waals surface area contributed by atoms with Crippen molar-refractivity contribution in [1.29, 1.82) is 0 Å². The Balaban J connectivity index is 2.73. The maximum absolute atomic E-state index is 11.9. The summed E-state index contributed by atoms with van der Waals surface area (Å²) in [5.41, 5.74) is 0.970. The van der Waals surface area contributed by atoms with Crippen LogP contribution in [0.5, 0.6) is 0 Å². The number of hydrogen-bond donors (Lipinski definition) is 2. The number of carboxylic acids is 1. The van der Waals surface area contributed by atoms with Gasteiger partial charge in [-0.25, -0.2) is 9.48 Å². The largest absolute Gasteiger partial charge is 0.476 e. The van der Waals surface area contributed by atoms with Crippen LogP contribution >= 0.6 is 11.8 Å². The lowest BCUT2D eigenvalue weighted by atomic mass is 10.2. The molecule has 1 rings (SSSR count). The van der Waals surface area contributed by atoms with E-state index >= 15 is 0 Å². The van der Waals surface area contributed by atoms with E-state index in [9.17, 15) is 18.0 Å². The molecule has 0 aromatic carbocycles. The Bertz CT molecular complexity index is 421. The highest BCUT2D eigenvalue weighted by atomic mass is 32.2. The molecule has 0 saturated carbocycles. The van der Waals surface area contributed by atoms with Crippen LogP contribution in [0.25, 0.3) is 0 Å². The van der Waals surface area contributed by atoms with Gasteiger partial charge in [0.25, 0.3) is 0 Å². The van der Waals surface area contributed by atoms with Gasteiger partial charge in [0.15, 0.2) is 5.69 Å². The van der Waals surface area contributed by atoms with Gasteiger partial charge in [0.05, 0.1) is 12.2 Å². The SMILES string of the molecule is NCCc1c(C(=O)O)nnn1CCSC(F)(F)F. The molecule has 102 valence electrons. The molecule has 1 aromatic rings. The molecule has 6 nitrogen and oxygen atoms in total. The number of aromatic nitrogens is 3. The number of alkyl halides is 3. The first-order chi connectivity index (χ1) is 8.35. The van der Waals surface area contributed by atoms with Crippen LogP contribution in [0, 0.1) is 0 Å². The van der Waals surface area contributed by atoms with Gasteiger partial charge < -0.3 is 10.8 Å². The normalized spacial score (nSPS) is 11.8. The molecular formula is C8H11F3N4O2S. The van der Waals surface area contributed by atoms with E-state index in [0.29, 0.717) is 0 Å². The summed E-state index contributed by atoms with van der Waals surface area (Å²) >= 11 is -0.194. The second-order valence-electron chi connectivity index (χ2n) is 3.25. The molecule has 0 unspecified atom stereocenters. The van der Waals surface area contributed by atoms with Crippen LogP contribution in [0.4, 0.5) is 13.2 Å². The van der Waals surface area contributed by atoms with Crippen LogP contribution in [0.1, 0.15) is 16.2 Å². The van der Waals surface area contributed by atoms with Crippen molar-refractivity contribution < 1.29 is 23.1 Å². The molecule has 10 heteroatoms. The third kappa shape index (κ3) is 4.18. The number of nitrogens with zero attached hydrogens (tertiary/aromatic N) is 3. The van der Waals surface area contributed by atoms with Crippen molar-refractivity contribution >= 4 is 17.7 Å². The van der Waals surface area contributed by atoms with Crippen LogP contribution in [-0.2, 0) is 13.0 Å². The average Bonchev–Trinajstić information content (AvgIpc) is 2.60. The van der Waals surface area contributed by atoms with Crippen molar-refractivity contribution in [3.63, 3.8) is 0 Å². The summed E-state index contributed by atoms with van der Waals surface area (Å²) in [7, 11) is 0. The second kappa shape index (κ2) is 6.05. The highest BCUT2D eigenvalue weighted by Gasteiger charge is 2.28. The van der Waals surface area contributed by atoms with Crippen molar-refractivity contribution in [2.24, 2.45) is 5.73 Å². The Morgan fingerprint density at radius 3 is 2.67 bits per heavy atom. The number of rotatable bonds is 6. The van der Waals surface area contributed by atoms with Crippen LogP contribution < -0.4 is 5.73 Å². The lowest BCUT2D eigenvalue weighted by molar-refractivity contribution is -0.0328. The Kier molecular flexibility index (Phi) is 4.96. The fourth-order valence-corrected chi connectivity index (χ4v) is 1.81. The van der Waals surface area contributed by atoms with Crippen LogP contribution in [0.2, 0.25) is 0 Å². The number of nitrogens with two attached hydrogens (primary N) is 1. The topological polar surface area (TPSA) is 94.0 Å². The minimum Gasteiger partial charge on any atom is -0.476 e. The summed E-state index contributed by atoms with van der Waals surface area (Å²) in [6.45, 7) is 0.0971. The van der Waals surface area contributed by atoms with E-state index in [2.05, 4.69) is 10.3 Å². The van der Waals surface area contributed by atoms with Crippen molar-refractivity contribution in [2.45, 2.75) is 18.5 Å². The van der Waals surface area contributed by atoms with Crippen LogP contribution in [0.3, 0.4) is 0 Å². The molecular weight excluding hydrogens is 273 g/mol. The van der Waals surface area contributed by atoms with E-state index < -0.39 is 11.5 Å². The summed E-state index contributed by atoms with van der Waals surface area (Å²) in [4.78, 5) is 10.8. The Labute approximate surface area is 104 Å². The van der Waals surface area contributed by atoms with Crippen LogP contribution in [0.15, 0.2) is 0 Å². The molecule has 0 aliphatic rings.